The average molecular weight is 366 g/mol. The summed E-state index contributed by atoms with van der Waals surface area (Å²) in [6.07, 6.45) is 0. The molecule has 0 radical (unpaired) electrons. The van der Waals surface area contributed by atoms with Crippen LogP contribution < -0.4 is 10.8 Å². The number of hydrogen-bond acceptors (Lipinski definition) is 4. The number of para-hydroxylation sites is 1. The van der Waals surface area contributed by atoms with Gasteiger partial charge < -0.3 is 9.73 Å². The Kier molecular flexibility index (Phi) is 5.28. The zero-order chi connectivity index (χ0) is 19.6. The lowest BCUT2D eigenvalue weighted by molar-refractivity contribution is 0.0706. The van der Waals surface area contributed by atoms with Gasteiger partial charge in [0.2, 0.25) is 0 Å². The topological polar surface area (TPSA) is 91.6 Å². The van der Waals surface area contributed by atoms with Crippen molar-refractivity contribution in [1.29, 1.82) is 0 Å². The Morgan fingerprint density at radius 3 is 2.44 bits per heavy atom. The second-order valence-corrected chi connectivity index (χ2v) is 6.81. The van der Waals surface area contributed by atoms with Crippen LogP contribution in [-0.4, -0.2) is 17.0 Å². The molecule has 0 saturated carbocycles. The summed E-state index contributed by atoms with van der Waals surface area (Å²) in [5.41, 5.74) is 4.17. The maximum atomic E-state index is 12.9. The normalized spacial score (nSPS) is 12.2. The second-order valence-electron chi connectivity index (χ2n) is 6.81. The number of amides is 2. The van der Waals surface area contributed by atoms with E-state index in [-0.39, 0.29) is 23.6 Å². The molecule has 0 saturated heterocycles. The van der Waals surface area contributed by atoms with Crippen molar-refractivity contribution in [1.82, 2.24) is 10.8 Å². The molecular formula is C21H22N2O4. The van der Waals surface area contributed by atoms with E-state index in [1.165, 1.54) is 0 Å². The maximum Gasteiger partial charge on any atom is 0.287 e. The summed E-state index contributed by atoms with van der Waals surface area (Å²) in [5, 5.41) is 12.8. The quantitative estimate of drug-likeness (QED) is 0.470. The van der Waals surface area contributed by atoms with Crippen LogP contribution in [0, 0.1) is 12.8 Å². The first-order valence-electron chi connectivity index (χ1n) is 8.75. The van der Waals surface area contributed by atoms with Crippen molar-refractivity contribution in [2.24, 2.45) is 5.92 Å². The van der Waals surface area contributed by atoms with Crippen LogP contribution in [0.2, 0.25) is 0 Å². The van der Waals surface area contributed by atoms with Gasteiger partial charge in [-0.3, -0.25) is 14.8 Å². The molecule has 6 nitrogen and oxygen atoms in total. The fourth-order valence-electron chi connectivity index (χ4n) is 3.17. The van der Waals surface area contributed by atoms with Crippen molar-refractivity contribution in [2.45, 2.75) is 26.8 Å². The van der Waals surface area contributed by atoms with Crippen LogP contribution in [0.15, 0.2) is 52.9 Å². The average Bonchev–Trinajstić information content (AvgIpc) is 3.02. The highest BCUT2D eigenvalue weighted by atomic mass is 16.5. The fourth-order valence-corrected chi connectivity index (χ4v) is 3.17. The predicted molar refractivity (Wildman–Crippen MR) is 102 cm³/mol. The molecule has 3 N–H and O–H groups in total. The molecule has 1 aromatic heterocycles. The fraction of sp³-hybridized carbons (Fsp3) is 0.238. The summed E-state index contributed by atoms with van der Waals surface area (Å²) >= 11 is 0. The molecule has 0 spiro atoms. The SMILES string of the molecule is Cc1c(C(=O)NC(c2cccc(C(=O)NO)c2)C(C)C)oc2ccccc12. The van der Waals surface area contributed by atoms with E-state index in [2.05, 4.69) is 5.32 Å². The highest BCUT2D eigenvalue weighted by molar-refractivity contribution is 5.99. The summed E-state index contributed by atoms with van der Waals surface area (Å²) in [6, 6.07) is 14.0. The third kappa shape index (κ3) is 3.71. The van der Waals surface area contributed by atoms with E-state index in [0.29, 0.717) is 11.1 Å². The minimum Gasteiger partial charge on any atom is -0.451 e. The Bertz CT molecular complexity index is 991. The summed E-state index contributed by atoms with van der Waals surface area (Å²) in [5.74, 6) is -0.546. The highest BCUT2D eigenvalue weighted by Gasteiger charge is 2.24. The van der Waals surface area contributed by atoms with Crippen molar-refractivity contribution in [3.05, 3.63) is 71.0 Å². The number of rotatable bonds is 5. The Morgan fingerprint density at radius 1 is 1.04 bits per heavy atom. The first-order chi connectivity index (χ1) is 12.9. The molecule has 3 rings (SSSR count). The van der Waals surface area contributed by atoms with E-state index >= 15 is 0 Å². The van der Waals surface area contributed by atoms with E-state index in [0.717, 1.165) is 16.5 Å². The van der Waals surface area contributed by atoms with Crippen LogP contribution in [0.3, 0.4) is 0 Å². The Balaban J connectivity index is 1.91. The number of furan rings is 1. The van der Waals surface area contributed by atoms with E-state index < -0.39 is 5.91 Å². The molecule has 27 heavy (non-hydrogen) atoms. The van der Waals surface area contributed by atoms with Crippen LogP contribution >= 0.6 is 0 Å². The smallest absolute Gasteiger partial charge is 0.287 e. The molecule has 2 aromatic carbocycles. The molecule has 3 aromatic rings. The summed E-state index contributed by atoms with van der Waals surface area (Å²) in [4.78, 5) is 24.6. The Labute approximate surface area is 157 Å². The molecule has 2 amide bonds. The lowest BCUT2D eigenvalue weighted by Crippen LogP contribution is -2.32. The van der Waals surface area contributed by atoms with E-state index in [4.69, 9.17) is 9.62 Å². The van der Waals surface area contributed by atoms with Gasteiger partial charge in [0.1, 0.15) is 5.58 Å². The van der Waals surface area contributed by atoms with Gasteiger partial charge in [0.05, 0.1) is 6.04 Å². The lowest BCUT2D eigenvalue weighted by atomic mass is 9.94. The van der Waals surface area contributed by atoms with Crippen LogP contribution in [0.5, 0.6) is 0 Å². The molecule has 1 heterocycles. The van der Waals surface area contributed by atoms with Crippen molar-refractivity contribution >= 4 is 22.8 Å². The second kappa shape index (κ2) is 7.63. The number of benzene rings is 2. The zero-order valence-corrected chi connectivity index (χ0v) is 15.4. The molecule has 140 valence electrons. The summed E-state index contributed by atoms with van der Waals surface area (Å²) in [6.45, 7) is 5.82. The minimum absolute atomic E-state index is 0.0751. The van der Waals surface area contributed by atoms with Gasteiger partial charge in [-0.1, -0.05) is 44.2 Å². The molecular weight excluding hydrogens is 344 g/mol. The van der Waals surface area contributed by atoms with Gasteiger partial charge >= 0.3 is 0 Å². The highest BCUT2D eigenvalue weighted by Crippen LogP contribution is 2.27. The molecule has 0 aliphatic carbocycles. The minimum atomic E-state index is -0.598. The number of fused-ring (bicyclic) bond motifs is 1. The molecule has 0 fully saturated rings. The van der Waals surface area contributed by atoms with Gasteiger partial charge in [-0.2, -0.15) is 0 Å². The molecule has 1 atom stereocenters. The van der Waals surface area contributed by atoms with E-state index in [9.17, 15) is 9.59 Å². The number of aryl methyl sites for hydroxylation is 1. The Hall–Kier alpha value is -3.12. The van der Waals surface area contributed by atoms with Gasteiger partial charge in [0.15, 0.2) is 5.76 Å². The number of carbonyl (C=O) groups excluding carboxylic acids is 2. The van der Waals surface area contributed by atoms with Gasteiger partial charge in [-0.15, -0.1) is 0 Å². The van der Waals surface area contributed by atoms with E-state index in [1.807, 2.05) is 51.1 Å². The maximum absolute atomic E-state index is 12.9. The first-order valence-corrected chi connectivity index (χ1v) is 8.75. The molecule has 6 heteroatoms. The molecule has 0 bridgehead atoms. The van der Waals surface area contributed by atoms with Crippen LogP contribution in [0.1, 0.15) is 51.9 Å². The number of hydrogen-bond donors (Lipinski definition) is 3. The monoisotopic (exact) mass is 366 g/mol. The van der Waals surface area contributed by atoms with Crippen molar-refractivity contribution in [3.63, 3.8) is 0 Å². The number of nitrogens with one attached hydrogen (secondary N) is 2. The summed E-state index contributed by atoms with van der Waals surface area (Å²) in [7, 11) is 0. The number of hydroxylamine groups is 1. The van der Waals surface area contributed by atoms with Gasteiger partial charge in [0.25, 0.3) is 11.8 Å². The lowest BCUT2D eigenvalue weighted by Gasteiger charge is -2.23. The van der Waals surface area contributed by atoms with E-state index in [1.54, 1.807) is 23.7 Å². The first kappa shape index (κ1) is 18.7. The largest absolute Gasteiger partial charge is 0.451 e. The van der Waals surface area contributed by atoms with Crippen molar-refractivity contribution in [3.8, 4) is 0 Å². The van der Waals surface area contributed by atoms with Crippen LogP contribution in [0.25, 0.3) is 11.0 Å². The predicted octanol–water partition coefficient (Wildman–Crippen LogP) is 3.99. The van der Waals surface area contributed by atoms with Crippen molar-refractivity contribution in [2.75, 3.05) is 0 Å². The third-order valence-electron chi connectivity index (χ3n) is 4.61. The number of carbonyl (C=O) groups is 2. The molecule has 1 unspecified atom stereocenters. The van der Waals surface area contributed by atoms with Crippen LogP contribution in [0.4, 0.5) is 0 Å². The Morgan fingerprint density at radius 2 is 1.78 bits per heavy atom. The van der Waals surface area contributed by atoms with Gasteiger partial charge in [-0.25, -0.2) is 5.48 Å². The standard InChI is InChI=1S/C21H22N2O4/c1-12(2)18(14-7-6-8-15(11-14)20(24)23-26)22-21(25)19-13(3)16-9-4-5-10-17(16)27-19/h4-12,18,26H,1-3H3,(H,22,25)(H,23,24). The zero-order valence-electron chi connectivity index (χ0n) is 15.4. The molecule has 0 aliphatic rings. The summed E-state index contributed by atoms with van der Waals surface area (Å²) < 4.78 is 5.75. The third-order valence-corrected chi connectivity index (χ3v) is 4.61. The van der Waals surface area contributed by atoms with Crippen molar-refractivity contribution < 1.29 is 19.2 Å². The van der Waals surface area contributed by atoms with Gasteiger partial charge in [0, 0.05) is 16.5 Å². The van der Waals surface area contributed by atoms with Crippen LogP contribution in [-0.2, 0) is 0 Å². The van der Waals surface area contributed by atoms with Gasteiger partial charge in [-0.05, 0) is 36.6 Å². The molecule has 0 aliphatic heterocycles.